The molecular formula is C24H30N4O7. The van der Waals surface area contributed by atoms with Crippen LogP contribution in [-0.4, -0.2) is 69.8 Å². The minimum atomic E-state index is -1.25. The number of phenolic OH excluding ortho intramolecular Hbond substituents is 1. The Bertz CT molecular complexity index is 1010. The molecule has 4 unspecified atom stereocenters. The van der Waals surface area contributed by atoms with Crippen molar-refractivity contribution in [3.63, 3.8) is 0 Å². The normalized spacial score (nSPS) is 14.1. The largest absolute Gasteiger partial charge is 0.508 e. The van der Waals surface area contributed by atoms with E-state index in [0.29, 0.717) is 5.56 Å². The molecule has 0 saturated carbocycles. The molecule has 11 heteroatoms. The van der Waals surface area contributed by atoms with Gasteiger partial charge < -0.3 is 37.0 Å². The number of carboxylic acid groups (broad SMARTS) is 1. The Hall–Kier alpha value is -3.96. The Morgan fingerprint density at radius 1 is 0.800 bits per heavy atom. The van der Waals surface area contributed by atoms with Gasteiger partial charge in [-0.25, -0.2) is 0 Å². The van der Waals surface area contributed by atoms with Crippen LogP contribution in [0.25, 0.3) is 0 Å². The summed E-state index contributed by atoms with van der Waals surface area (Å²) in [6.07, 6.45) is 0.0714. The molecule has 4 atom stereocenters. The zero-order valence-corrected chi connectivity index (χ0v) is 19.2. The summed E-state index contributed by atoms with van der Waals surface area (Å²) in [5.74, 6) is -3.42. The van der Waals surface area contributed by atoms with Crippen molar-refractivity contribution in [3.05, 3.63) is 65.7 Å². The van der Waals surface area contributed by atoms with Crippen LogP contribution in [0.15, 0.2) is 54.6 Å². The maximum Gasteiger partial charge on any atom is 0.325 e. The number of hydrogen-bond acceptors (Lipinski definition) is 7. The number of hydrogen-bond donors (Lipinski definition) is 7. The Labute approximate surface area is 202 Å². The summed E-state index contributed by atoms with van der Waals surface area (Å²) in [4.78, 5) is 49.5. The lowest BCUT2D eigenvalue weighted by Gasteiger charge is -2.25. The predicted octanol–water partition coefficient (Wildman–Crippen LogP) is -0.944. The number of aliphatic hydroxyl groups excluding tert-OH is 1. The molecular weight excluding hydrogens is 456 g/mol. The van der Waals surface area contributed by atoms with Crippen molar-refractivity contribution >= 4 is 23.7 Å². The zero-order chi connectivity index (χ0) is 26.0. The van der Waals surface area contributed by atoms with Gasteiger partial charge in [-0.2, -0.15) is 0 Å². The minimum Gasteiger partial charge on any atom is -0.508 e. The summed E-state index contributed by atoms with van der Waals surface area (Å²) in [6.45, 7) is 0.666. The first-order valence-corrected chi connectivity index (χ1v) is 10.9. The summed E-state index contributed by atoms with van der Waals surface area (Å²) in [5, 5.41) is 35.2. The Morgan fingerprint density at radius 2 is 1.29 bits per heavy atom. The molecule has 3 amide bonds. The number of nitrogens with one attached hydrogen (secondary N) is 3. The summed E-state index contributed by atoms with van der Waals surface area (Å²) in [6, 6.07) is 10.0. The molecule has 0 aromatic heterocycles. The number of phenols is 1. The molecule has 0 spiro atoms. The highest BCUT2D eigenvalue weighted by Gasteiger charge is 2.29. The van der Waals surface area contributed by atoms with Crippen LogP contribution >= 0.6 is 0 Å². The molecule has 0 heterocycles. The number of aromatic hydroxyl groups is 1. The highest BCUT2D eigenvalue weighted by Crippen LogP contribution is 2.12. The molecule has 0 fully saturated rings. The van der Waals surface area contributed by atoms with E-state index in [1.807, 2.05) is 0 Å². The molecule has 2 rings (SSSR count). The van der Waals surface area contributed by atoms with Crippen LogP contribution in [-0.2, 0) is 32.0 Å². The van der Waals surface area contributed by atoms with Gasteiger partial charge in [0.15, 0.2) is 0 Å². The van der Waals surface area contributed by atoms with Gasteiger partial charge in [-0.3, -0.25) is 19.2 Å². The predicted molar refractivity (Wildman–Crippen MR) is 126 cm³/mol. The fraction of sp³-hybridized carbons (Fsp3) is 0.333. The van der Waals surface area contributed by atoms with Crippen LogP contribution in [0.3, 0.4) is 0 Å². The quantitative estimate of drug-likeness (QED) is 0.200. The lowest BCUT2D eigenvalue weighted by molar-refractivity contribution is -0.141. The first-order valence-electron chi connectivity index (χ1n) is 10.9. The number of nitrogens with two attached hydrogens (primary N) is 1. The van der Waals surface area contributed by atoms with Crippen molar-refractivity contribution in [1.29, 1.82) is 0 Å². The van der Waals surface area contributed by atoms with Crippen LogP contribution < -0.4 is 21.7 Å². The third-order valence-corrected chi connectivity index (χ3v) is 5.19. The second-order valence-electron chi connectivity index (χ2n) is 8.04. The molecule has 0 radical (unpaired) electrons. The Morgan fingerprint density at radius 3 is 1.80 bits per heavy atom. The van der Waals surface area contributed by atoms with Crippen LogP contribution in [0, 0.1) is 0 Å². The number of carboxylic acids is 1. The van der Waals surface area contributed by atoms with Gasteiger partial charge in [0.05, 0.1) is 6.61 Å². The van der Waals surface area contributed by atoms with E-state index >= 15 is 0 Å². The number of aliphatic carboxylic acids is 1. The van der Waals surface area contributed by atoms with Gasteiger partial charge in [-0.1, -0.05) is 42.5 Å². The molecule has 0 aliphatic heterocycles. The number of aliphatic hydroxyl groups is 1. The van der Waals surface area contributed by atoms with Gasteiger partial charge in [0.1, 0.15) is 29.9 Å². The standard InChI is InChI=1S/C24H30N4O7/c1-14(24(34)35)26-22(32)19(12-16-7-9-17(30)10-8-16)28-23(33)20(27-21(31)18(25)13-29)11-15-5-3-2-4-6-15/h2-10,14,18-20,29-30H,11-13,25H2,1H3,(H,26,32)(H,27,31)(H,28,33)(H,34,35). The van der Waals surface area contributed by atoms with Gasteiger partial charge in [0.25, 0.3) is 0 Å². The average molecular weight is 487 g/mol. The highest BCUT2D eigenvalue weighted by atomic mass is 16.4. The highest BCUT2D eigenvalue weighted by molar-refractivity contribution is 5.94. The van der Waals surface area contributed by atoms with E-state index in [1.54, 1.807) is 42.5 Å². The average Bonchev–Trinajstić information content (AvgIpc) is 2.84. The third kappa shape index (κ3) is 8.72. The van der Waals surface area contributed by atoms with E-state index in [1.165, 1.54) is 19.1 Å². The van der Waals surface area contributed by atoms with E-state index in [4.69, 9.17) is 10.8 Å². The van der Waals surface area contributed by atoms with Gasteiger partial charge in [-0.15, -0.1) is 0 Å². The molecule has 2 aromatic rings. The smallest absolute Gasteiger partial charge is 0.325 e. The fourth-order valence-corrected chi connectivity index (χ4v) is 3.15. The van der Waals surface area contributed by atoms with Gasteiger partial charge in [0, 0.05) is 12.8 Å². The lowest BCUT2D eigenvalue weighted by Crippen LogP contribution is -2.58. The van der Waals surface area contributed by atoms with Crippen molar-refractivity contribution in [2.75, 3.05) is 6.61 Å². The van der Waals surface area contributed by atoms with E-state index in [2.05, 4.69) is 16.0 Å². The molecule has 2 aromatic carbocycles. The lowest BCUT2D eigenvalue weighted by atomic mass is 10.0. The summed E-state index contributed by atoms with van der Waals surface area (Å²) >= 11 is 0. The van der Waals surface area contributed by atoms with Crippen LogP contribution in [0.5, 0.6) is 5.75 Å². The molecule has 11 nitrogen and oxygen atoms in total. The summed E-state index contributed by atoms with van der Waals surface area (Å²) < 4.78 is 0. The molecule has 0 saturated heterocycles. The first-order chi connectivity index (χ1) is 16.6. The van der Waals surface area contributed by atoms with E-state index in [-0.39, 0.29) is 18.6 Å². The molecule has 35 heavy (non-hydrogen) atoms. The molecule has 0 aliphatic carbocycles. The first kappa shape index (κ1) is 27.3. The third-order valence-electron chi connectivity index (χ3n) is 5.19. The minimum absolute atomic E-state index is 0.00759. The second-order valence-corrected chi connectivity index (χ2v) is 8.04. The summed E-state index contributed by atoms with van der Waals surface area (Å²) in [5.41, 5.74) is 6.89. The molecule has 8 N–H and O–H groups in total. The van der Waals surface area contributed by atoms with Crippen molar-refractivity contribution in [2.45, 2.75) is 43.9 Å². The Balaban J connectivity index is 2.27. The van der Waals surface area contributed by atoms with E-state index in [9.17, 15) is 29.4 Å². The Kier molecular flexibility index (Phi) is 10.2. The van der Waals surface area contributed by atoms with Crippen molar-refractivity contribution in [1.82, 2.24) is 16.0 Å². The maximum absolute atomic E-state index is 13.2. The second kappa shape index (κ2) is 13.1. The fourth-order valence-electron chi connectivity index (χ4n) is 3.15. The van der Waals surface area contributed by atoms with Crippen LogP contribution in [0.1, 0.15) is 18.1 Å². The van der Waals surface area contributed by atoms with E-state index < -0.39 is 54.5 Å². The van der Waals surface area contributed by atoms with Crippen molar-refractivity contribution < 1.29 is 34.5 Å². The molecule has 188 valence electrons. The topological polar surface area (TPSA) is 191 Å². The van der Waals surface area contributed by atoms with Crippen LogP contribution in [0.4, 0.5) is 0 Å². The number of carbonyl (C=O) groups excluding carboxylic acids is 3. The zero-order valence-electron chi connectivity index (χ0n) is 19.2. The van der Waals surface area contributed by atoms with Gasteiger partial charge >= 0.3 is 5.97 Å². The number of benzene rings is 2. The van der Waals surface area contributed by atoms with Gasteiger partial charge in [-0.05, 0) is 30.2 Å². The number of carbonyl (C=O) groups is 4. The molecule has 0 bridgehead atoms. The van der Waals surface area contributed by atoms with Crippen molar-refractivity contribution in [2.24, 2.45) is 5.73 Å². The number of amides is 3. The summed E-state index contributed by atoms with van der Waals surface area (Å²) in [7, 11) is 0. The monoisotopic (exact) mass is 486 g/mol. The SMILES string of the molecule is CC(NC(=O)C(Cc1ccc(O)cc1)NC(=O)C(Cc1ccccc1)NC(=O)C(N)CO)C(=O)O. The number of rotatable bonds is 12. The van der Waals surface area contributed by atoms with Gasteiger partial charge in [0.2, 0.25) is 17.7 Å². The van der Waals surface area contributed by atoms with E-state index in [0.717, 1.165) is 5.56 Å². The van der Waals surface area contributed by atoms with Crippen LogP contribution in [0.2, 0.25) is 0 Å². The maximum atomic E-state index is 13.2. The molecule has 0 aliphatic rings. The van der Waals surface area contributed by atoms with Crippen molar-refractivity contribution in [3.8, 4) is 5.75 Å².